The summed E-state index contributed by atoms with van der Waals surface area (Å²) in [5, 5.41) is 3.28. The molecule has 0 spiro atoms. The van der Waals surface area contributed by atoms with Crippen molar-refractivity contribution in [2.45, 2.75) is 52.1 Å². The Bertz CT molecular complexity index is 713. The molecule has 22 heavy (non-hydrogen) atoms. The van der Waals surface area contributed by atoms with Gasteiger partial charge < -0.3 is 9.88 Å². The number of fused-ring (bicyclic) bond motifs is 1. The van der Waals surface area contributed by atoms with Crippen molar-refractivity contribution in [3.05, 3.63) is 29.6 Å². The second-order valence-corrected chi connectivity index (χ2v) is 7.07. The summed E-state index contributed by atoms with van der Waals surface area (Å²) >= 11 is 0. The van der Waals surface area contributed by atoms with Crippen LogP contribution in [0.3, 0.4) is 0 Å². The molecule has 4 heteroatoms. The van der Waals surface area contributed by atoms with Crippen molar-refractivity contribution >= 4 is 16.9 Å². The lowest BCUT2D eigenvalue weighted by molar-refractivity contribution is -0.122. The molecular formula is C18H23N3O. The number of carbonyl (C=O) groups is 1. The van der Waals surface area contributed by atoms with Crippen molar-refractivity contribution in [2.24, 2.45) is 11.8 Å². The number of aromatic nitrogens is 2. The molecule has 4 nitrogen and oxygen atoms in total. The molecule has 2 aromatic rings. The zero-order valence-corrected chi connectivity index (χ0v) is 13.3. The SMILES string of the molecule is Cc1cc2ncn(CC(=O)NC(C3CC3)C3CC3)c2cc1C. The highest BCUT2D eigenvalue weighted by atomic mass is 16.2. The van der Waals surface area contributed by atoms with E-state index in [1.54, 1.807) is 6.33 Å². The van der Waals surface area contributed by atoms with E-state index in [2.05, 4.69) is 36.3 Å². The molecule has 2 aliphatic carbocycles. The van der Waals surface area contributed by atoms with Gasteiger partial charge in [-0.1, -0.05) is 0 Å². The van der Waals surface area contributed by atoms with Gasteiger partial charge in [0.05, 0.1) is 17.4 Å². The van der Waals surface area contributed by atoms with Gasteiger partial charge in [0, 0.05) is 6.04 Å². The molecule has 0 unspecified atom stereocenters. The molecule has 1 aromatic heterocycles. The summed E-state index contributed by atoms with van der Waals surface area (Å²) in [6, 6.07) is 4.65. The number of amides is 1. The Morgan fingerprint density at radius 3 is 2.50 bits per heavy atom. The standard InChI is InChI=1S/C18H23N3O/c1-11-7-15-16(8-12(11)2)21(10-19-15)9-17(22)20-18(13-3-4-13)14-5-6-14/h7-8,10,13-14,18H,3-6,9H2,1-2H3,(H,20,22). The van der Waals surface area contributed by atoms with Crippen LogP contribution in [-0.4, -0.2) is 21.5 Å². The summed E-state index contributed by atoms with van der Waals surface area (Å²) in [5.74, 6) is 1.60. The van der Waals surface area contributed by atoms with Gasteiger partial charge in [-0.3, -0.25) is 4.79 Å². The van der Waals surface area contributed by atoms with Gasteiger partial charge in [-0.05, 0) is 74.6 Å². The molecule has 1 N–H and O–H groups in total. The van der Waals surface area contributed by atoms with Crippen LogP contribution in [0.25, 0.3) is 11.0 Å². The van der Waals surface area contributed by atoms with Crippen LogP contribution in [0.4, 0.5) is 0 Å². The number of rotatable bonds is 5. The highest BCUT2D eigenvalue weighted by Gasteiger charge is 2.42. The first-order valence-corrected chi connectivity index (χ1v) is 8.33. The molecular weight excluding hydrogens is 274 g/mol. The first-order valence-electron chi connectivity index (χ1n) is 8.33. The van der Waals surface area contributed by atoms with E-state index in [-0.39, 0.29) is 5.91 Å². The molecule has 0 saturated heterocycles. The van der Waals surface area contributed by atoms with Crippen molar-refractivity contribution in [2.75, 3.05) is 0 Å². The van der Waals surface area contributed by atoms with Crippen molar-refractivity contribution in [1.29, 1.82) is 0 Å². The number of carbonyl (C=O) groups excluding carboxylic acids is 1. The molecule has 2 saturated carbocycles. The van der Waals surface area contributed by atoms with E-state index in [0.717, 1.165) is 22.9 Å². The minimum absolute atomic E-state index is 0.126. The van der Waals surface area contributed by atoms with E-state index in [1.165, 1.54) is 36.8 Å². The Labute approximate surface area is 130 Å². The lowest BCUT2D eigenvalue weighted by Gasteiger charge is -2.18. The van der Waals surface area contributed by atoms with Gasteiger partial charge in [0.15, 0.2) is 0 Å². The van der Waals surface area contributed by atoms with E-state index >= 15 is 0 Å². The van der Waals surface area contributed by atoms with Crippen molar-refractivity contribution in [3.63, 3.8) is 0 Å². The third-order valence-electron chi connectivity index (χ3n) is 5.14. The van der Waals surface area contributed by atoms with Gasteiger partial charge >= 0.3 is 0 Å². The molecule has 0 atom stereocenters. The van der Waals surface area contributed by atoms with Gasteiger partial charge in [0.25, 0.3) is 0 Å². The number of hydrogen-bond acceptors (Lipinski definition) is 2. The first-order chi connectivity index (χ1) is 10.6. The van der Waals surface area contributed by atoms with Gasteiger partial charge in [0.1, 0.15) is 6.54 Å². The molecule has 0 radical (unpaired) electrons. The fourth-order valence-electron chi connectivity index (χ4n) is 3.36. The molecule has 2 fully saturated rings. The summed E-state index contributed by atoms with van der Waals surface area (Å²) in [7, 11) is 0. The maximum Gasteiger partial charge on any atom is 0.240 e. The lowest BCUT2D eigenvalue weighted by Crippen LogP contribution is -2.39. The van der Waals surface area contributed by atoms with Gasteiger partial charge in [-0.2, -0.15) is 0 Å². The zero-order chi connectivity index (χ0) is 15.3. The average Bonchev–Trinajstić information content (AvgIpc) is 3.38. The molecule has 1 amide bonds. The van der Waals surface area contributed by atoms with Crippen LogP contribution in [0.5, 0.6) is 0 Å². The van der Waals surface area contributed by atoms with E-state index in [1.807, 2.05) is 4.57 Å². The third kappa shape index (κ3) is 2.62. The van der Waals surface area contributed by atoms with Crippen LogP contribution in [0, 0.1) is 25.7 Å². The second kappa shape index (κ2) is 5.11. The second-order valence-electron chi connectivity index (χ2n) is 7.07. The van der Waals surface area contributed by atoms with Gasteiger partial charge in [-0.25, -0.2) is 4.98 Å². The fourth-order valence-corrected chi connectivity index (χ4v) is 3.36. The fraction of sp³-hybridized carbons (Fsp3) is 0.556. The Hall–Kier alpha value is -1.84. The van der Waals surface area contributed by atoms with Crippen LogP contribution >= 0.6 is 0 Å². The van der Waals surface area contributed by atoms with Crippen LogP contribution in [0.15, 0.2) is 18.5 Å². The quantitative estimate of drug-likeness (QED) is 0.922. The number of hydrogen-bond donors (Lipinski definition) is 1. The van der Waals surface area contributed by atoms with E-state index in [9.17, 15) is 4.79 Å². The van der Waals surface area contributed by atoms with Crippen molar-refractivity contribution in [3.8, 4) is 0 Å². The minimum Gasteiger partial charge on any atom is -0.351 e. The van der Waals surface area contributed by atoms with Crippen molar-refractivity contribution < 1.29 is 4.79 Å². The molecule has 1 heterocycles. The molecule has 2 aliphatic rings. The predicted octanol–water partition coefficient (Wildman–Crippen LogP) is 2.96. The Morgan fingerprint density at radius 2 is 1.86 bits per heavy atom. The van der Waals surface area contributed by atoms with Gasteiger partial charge in [0.2, 0.25) is 5.91 Å². The van der Waals surface area contributed by atoms with Crippen LogP contribution < -0.4 is 5.32 Å². The first kappa shape index (κ1) is 13.8. The maximum absolute atomic E-state index is 12.4. The molecule has 116 valence electrons. The smallest absolute Gasteiger partial charge is 0.240 e. The third-order valence-corrected chi connectivity index (χ3v) is 5.14. The Balaban J connectivity index is 1.50. The average molecular weight is 297 g/mol. The molecule has 0 bridgehead atoms. The molecule has 1 aromatic carbocycles. The summed E-state index contributed by atoms with van der Waals surface area (Å²) in [4.78, 5) is 16.9. The summed E-state index contributed by atoms with van der Waals surface area (Å²) in [6.07, 6.45) is 6.93. The highest BCUT2D eigenvalue weighted by molar-refractivity contribution is 5.81. The zero-order valence-electron chi connectivity index (χ0n) is 13.3. The number of nitrogens with one attached hydrogen (secondary N) is 1. The highest BCUT2D eigenvalue weighted by Crippen LogP contribution is 2.44. The normalized spacial score (nSPS) is 18.1. The number of benzene rings is 1. The summed E-state index contributed by atoms with van der Waals surface area (Å²) in [6.45, 7) is 4.56. The van der Waals surface area contributed by atoms with Crippen LogP contribution in [-0.2, 0) is 11.3 Å². The van der Waals surface area contributed by atoms with Gasteiger partial charge in [-0.15, -0.1) is 0 Å². The van der Waals surface area contributed by atoms with Crippen LogP contribution in [0.1, 0.15) is 36.8 Å². The summed E-state index contributed by atoms with van der Waals surface area (Å²) in [5.41, 5.74) is 4.50. The molecule has 4 rings (SSSR count). The minimum atomic E-state index is 0.126. The lowest BCUT2D eigenvalue weighted by atomic mass is 10.1. The van der Waals surface area contributed by atoms with E-state index < -0.39 is 0 Å². The number of nitrogens with zero attached hydrogens (tertiary/aromatic N) is 2. The van der Waals surface area contributed by atoms with E-state index in [4.69, 9.17) is 0 Å². The predicted molar refractivity (Wildman–Crippen MR) is 86.6 cm³/mol. The summed E-state index contributed by atoms with van der Waals surface area (Å²) < 4.78 is 1.97. The topological polar surface area (TPSA) is 46.9 Å². The molecule has 0 aliphatic heterocycles. The van der Waals surface area contributed by atoms with E-state index in [0.29, 0.717) is 12.6 Å². The van der Waals surface area contributed by atoms with Crippen LogP contribution in [0.2, 0.25) is 0 Å². The largest absolute Gasteiger partial charge is 0.351 e. The number of aryl methyl sites for hydroxylation is 2. The Morgan fingerprint density at radius 1 is 1.23 bits per heavy atom. The maximum atomic E-state index is 12.4. The monoisotopic (exact) mass is 297 g/mol. The number of imidazole rings is 1. The Kier molecular flexibility index (Phi) is 3.21. The van der Waals surface area contributed by atoms with Crippen molar-refractivity contribution in [1.82, 2.24) is 14.9 Å².